The minimum absolute atomic E-state index is 0.0116. The van der Waals surface area contributed by atoms with E-state index in [1.54, 1.807) is 0 Å². The van der Waals surface area contributed by atoms with Gasteiger partial charge in [-0.15, -0.1) is 0 Å². The molecule has 0 radical (unpaired) electrons. The average molecular weight is 288 g/mol. The molecule has 116 valence electrons. The molecule has 0 heterocycles. The van der Waals surface area contributed by atoms with Crippen LogP contribution in [0.1, 0.15) is 58.8 Å². The van der Waals surface area contributed by atoms with Gasteiger partial charge in [0, 0.05) is 11.8 Å². The average Bonchev–Trinajstić information content (AvgIpc) is 2.76. The second kappa shape index (κ2) is 4.44. The number of allylic oxidation sites excluding steroid dienone is 1. The molecule has 0 unspecified atom stereocenters. The first-order valence-electron chi connectivity index (χ1n) is 8.86. The fourth-order valence-electron chi connectivity index (χ4n) is 6.56. The summed E-state index contributed by atoms with van der Waals surface area (Å²) in [6, 6.07) is 0. The van der Waals surface area contributed by atoms with Crippen molar-refractivity contribution in [2.45, 2.75) is 64.9 Å². The lowest BCUT2D eigenvalue weighted by molar-refractivity contribution is -0.134. The predicted octanol–water partition coefficient (Wildman–Crippen LogP) is 3.74. The minimum Gasteiger partial charge on any atom is -0.389 e. The molecule has 0 bridgehead atoms. The Hall–Kier alpha value is -0.630. The monoisotopic (exact) mass is 288 g/mol. The first-order valence-corrected chi connectivity index (χ1v) is 8.86. The molecule has 0 aliphatic heterocycles. The summed E-state index contributed by atoms with van der Waals surface area (Å²) in [6.07, 6.45) is 11.8. The van der Waals surface area contributed by atoms with Gasteiger partial charge >= 0.3 is 0 Å². The normalized spacial score (nSPS) is 55.8. The van der Waals surface area contributed by atoms with E-state index >= 15 is 0 Å². The van der Waals surface area contributed by atoms with Gasteiger partial charge < -0.3 is 5.11 Å². The Morgan fingerprint density at radius 2 is 1.95 bits per heavy atom. The molecular weight excluding hydrogens is 260 g/mol. The molecule has 7 atom stereocenters. The number of hydrogen-bond donors (Lipinski definition) is 1. The highest BCUT2D eigenvalue weighted by Gasteiger charge is 2.59. The number of aliphatic hydroxyl groups excluding tert-OH is 1. The van der Waals surface area contributed by atoms with Gasteiger partial charge in [-0.3, -0.25) is 4.79 Å². The summed E-state index contributed by atoms with van der Waals surface area (Å²) in [7, 11) is 0. The molecule has 4 aliphatic rings. The quantitative estimate of drug-likeness (QED) is 0.690. The molecule has 1 N–H and O–H groups in total. The van der Waals surface area contributed by atoms with Gasteiger partial charge in [0.05, 0.1) is 6.10 Å². The molecule has 0 aromatic rings. The van der Waals surface area contributed by atoms with E-state index in [0.717, 1.165) is 37.5 Å². The van der Waals surface area contributed by atoms with Crippen LogP contribution in [0.3, 0.4) is 0 Å². The van der Waals surface area contributed by atoms with Crippen LogP contribution in [-0.2, 0) is 4.79 Å². The van der Waals surface area contributed by atoms with Crippen LogP contribution in [0.5, 0.6) is 0 Å². The number of ketones is 1. The molecule has 0 aromatic heterocycles. The van der Waals surface area contributed by atoms with Crippen molar-refractivity contribution in [2.75, 3.05) is 0 Å². The lowest BCUT2D eigenvalue weighted by Gasteiger charge is -2.58. The van der Waals surface area contributed by atoms with Gasteiger partial charge in [-0.25, -0.2) is 0 Å². The van der Waals surface area contributed by atoms with Crippen molar-refractivity contribution in [3.8, 4) is 0 Å². The van der Waals surface area contributed by atoms with Crippen molar-refractivity contribution in [3.05, 3.63) is 12.2 Å². The van der Waals surface area contributed by atoms with E-state index in [1.807, 2.05) is 6.08 Å². The van der Waals surface area contributed by atoms with Gasteiger partial charge in [-0.2, -0.15) is 0 Å². The van der Waals surface area contributed by atoms with Crippen LogP contribution in [0.2, 0.25) is 0 Å². The molecule has 3 fully saturated rings. The SMILES string of the molecule is C[C@]12C=C[C@H](O)C[C@@H]1CC[C@@H]1[C@@H]2CC[C@]2(C)C(=O)CC[C@@H]12. The lowest BCUT2D eigenvalue weighted by atomic mass is 9.46. The largest absolute Gasteiger partial charge is 0.389 e. The van der Waals surface area contributed by atoms with Crippen LogP contribution in [0, 0.1) is 34.5 Å². The van der Waals surface area contributed by atoms with E-state index in [4.69, 9.17) is 0 Å². The van der Waals surface area contributed by atoms with Crippen molar-refractivity contribution < 1.29 is 9.90 Å². The Labute approximate surface area is 128 Å². The van der Waals surface area contributed by atoms with E-state index in [1.165, 1.54) is 19.3 Å². The molecule has 2 heteroatoms. The summed E-state index contributed by atoms with van der Waals surface area (Å²) in [5, 5.41) is 9.95. The van der Waals surface area contributed by atoms with Crippen molar-refractivity contribution in [3.63, 3.8) is 0 Å². The van der Waals surface area contributed by atoms with E-state index < -0.39 is 0 Å². The molecule has 0 amide bonds. The van der Waals surface area contributed by atoms with Crippen molar-refractivity contribution >= 4 is 5.78 Å². The number of aliphatic hydroxyl groups is 1. The van der Waals surface area contributed by atoms with E-state index in [-0.39, 0.29) is 16.9 Å². The topological polar surface area (TPSA) is 37.3 Å². The van der Waals surface area contributed by atoms with Crippen molar-refractivity contribution in [1.82, 2.24) is 0 Å². The third-order valence-corrected chi connectivity index (χ3v) is 7.88. The summed E-state index contributed by atoms with van der Waals surface area (Å²) in [6.45, 7) is 4.68. The zero-order valence-corrected chi connectivity index (χ0v) is 13.3. The van der Waals surface area contributed by atoms with E-state index in [9.17, 15) is 9.90 Å². The number of carbonyl (C=O) groups is 1. The smallest absolute Gasteiger partial charge is 0.139 e. The molecule has 0 spiro atoms. The molecule has 0 aromatic carbocycles. The Balaban J connectivity index is 1.68. The molecule has 4 aliphatic carbocycles. The number of rotatable bonds is 0. The molecule has 3 saturated carbocycles. The first-order chi connectivity index (χ1) is 9.95. The first kappa shape index (κ1) is 14.0. The summed E-state index contributed by atoms with van der Waals surface area (Å²) < 4.78 is 0. The van der Waals surface area contributed by atoms with Gasteiger partial charge in [-0.05, 0) is 67.6 Å². The predicted molar refractivity (Wildman–Crippen MR) is 82.6 cm³/mol. The highest BCUT2D eigenvalue weighted by Crippen LogP contribution is 2.64. The van der Waals surface area contributed by atoms with E-state index in [0.29, 0.717) is 17.6 Å². The Morgan fingerprint density at radius 1 is 1.14 bits per heavy atom. The molecule has 0 saturated heterocycles. The maximum Gasteiger partial charge on any atom is 0.139 e. The number of carbonyl (C=O) groups excluding carboxylic acids is 1. The lowest BCUT2D eigenvalue weighted by Crippen LogP contribution is -2.52. The van der Waals surface area contributed by atoms with Gasteiger partial charge in [0.15, 0.2) is 0 Å². The third kappa shape index (κ3) is 1.78. The van der Waals surface area contributed by atoms with Gasteiger partial charge in [0.1, 0.15) is 5.78 Å². The van der Waals surface area contributed by atoms with Crippen LogP contribution in [0.25, 0.3) is 0 Å². The summed E-state index contributed by atoms with van der Waals surface area (Å²) in [5.74, 6) is 3.26. The van der Waals surface area contributed by atoms with Crippen LogP contribution < -0.4 is 0 Å². The maximum absolute atomic E-state index is 12.4. The summed E-state index contributed by atoms with van der Waals surface area (Å²) >= 11 is 0. The molecule has 2 nitrogen and oxygen atoms in total. The number of hydrogen-bond acceptors (Lipinski definition) is 2. The summed E-state index contributed by atoms with van der Waals surface area (Å²) in [4.78, 5) is 12.4. The van der Waals surface area contributed by atoms with Crippen LogP contribution in [0.4, 0.5) is 0 Å². The second-order valence-corrected chi connectivity index (χ2v) is 8.60. The van der Waals surface area contributed by atoms with Crippen LogP contribution >= 0.6 is 0 Å². The fraction of sp³-hybridized carbons (Fsp3) is 0.842. The van der Waals surface area contributed by atoms with E-state index in [2.05, 4.69) is 19.9 Å². The standard InChI is InChI=1S/C19H28O2/c1-18-9-7-13(20)11-12(18)3-4-14-15-5-6-17(21)19(15,2)10-8-16(14)18/h7,9,12-16,20H,3-6,8,10-11H2,1-2H3/t12-,13-,14-,15-,16-,18-,19-/m0/s1. The van der Waals surface area contributed by atoms with Crippen LogP contribution in [-0.4, -0.2) is 17.0 Å². The van der Waals surface area contributed by atoms with Crippen molar-refractivity contribution in [1.29, 1.82) is 0 Å². The highest BCUT2D eigenvalue weighted by molar-refractivity contribution is 5.87. The van der Waals surface area contributed by atoms with Gasteiger partial charge in [0.2, 0.25) is 0 Å². The van der Waals surface area contributed by atoms with Gasteiger partial charge in [-0.1, -0.05) is 26.0 Å². The molecule has 21 heavy (non-hydrogen) atoms. The summed E-state index contributed by atoms with van der Waals surface area (Å²) in [5.41, 5.74) is 0.247. The molecule has 4 rings (SSSR count). The fourth-order valence-corrected chi connectivity index (χ4v) is 6.56. The number of fused-ring (bicyclic) bond motifs is 5. The third-order valence-electron chi connectivity index (χ3n) is 7.88. The molecular formula is C19H28O2. The zero-order chi connectivity index (χ0) is 14.8. The Morgan fingerprint density at radius 3 is 2.76 bits per heavy atom. The zero-order valence-electron chi connectivity index (χ0n) is 13.3. The minimum atomic E-state index is -0.235. The van der Waals surface area contributed by atoms with Crippen LogP contribution in [0.15, 0.2) is 12.2 Å². The van der Waals surface area contributed by atoms with Crippen molar-refractivity contribution in [2.24, 2.45) is 34.5 Å². The Bertz CT molecular complexity index is 496. The number of Topliss-reactive ketones (excluding diaryl/α,β-unsaturated/α-hetero) is 1. The maximum atomic E-state index is 12.4. The second-order valence-electron chi connectivity index (χ2n) is 8.60. The highest BCUT2D eigenvalue weighted by atomic mass is 16.3. The van der Waals surface area contributed by atoms with Gasteiger partial charge in [0.25, 0.3) is 0 Å². The Kier molecular flexibility index (Phi) is 2.96.